The molecule has 0 aliphatic carbocycles. The summed E-state index contributed by atoms with van der Waals surface area (Å²) >= 11 is 0. The van der Waals surface area contributed by atoms with Crippen LogP contribution in [-0.4, -0.2) is 58.5 Å². The second-order valence-electron chi connectivity index (χ2n) is 0.513. The van der Waals surface area contributed by atoms with Gasteiger partial charge in [0.1, 0.15) is 0 Å². The van der Waals surface area contributed by atoms with Gasteiger partial charge in [-0.25, -0.2) is 4.57 Å². The molecule has 0 aromatic heterocycles. The van der Waals surface area contributed by atoms with Crippen molar-refractivity contribution in [1.29, 1.82) is 0 Å². The Morgan fingerprint density at radius 2 is 0.600 bits per heavy atom. The number of hydrogen-bond donors (Lipinski definition) is 3. The average molecular weight is 290 g/mol. The molecule has 0 bridgehead atoms. The first-order valence-electron chi connectivity index (χ1n) is 0.783. The van der Waals surface area contributed by atoms with Gasteiger partial charge < -0.3 is 61.3 Å². The minimum Gasteiger partial charge on any atom is -1.00 e. The molecule has 0 amide bonds. The van der Waals surface area contributed by atoms with Crippen molar-refractivity contribution in [2.75, 3.05) is 0 Å². The Morgan fingerprint density at radius 3 is 0.600 bits per heavy atom. The molecule has 0 saturated heterocycles. The monoisotopic (exact) mass is 290 g/mol. The van der Waals surface area contributed by atoms with Crippen molar-refractivity contribution < 1.29 is 125 Å². The van der Waals surface area contributed by atoms with Gasteiger partial charge in [-0.3, -0.25) is 0 Å². The maximum Gasteiger partial charge on any atom is 1.00 e. The van der Waals surface area contributed by atoms with E-state index in [4.69, 9.17) is 19.2 Å². The largest absolute Gasteiger partial charge is 1.00 e. The molecule has 12 nitrogen and oxygen atoms in total. The third kappa shape index (κ3) is 937. The van der Waals surface area contributed by atoms with Crippen molar-refractivity contribution in [3.8, 4) is 0 Å². The minimum absolute atomic E-state index is 0. The van der Waals surface area contributed by atoms with E-state index in [0.717, 1.165) is 0 Å². The molecule has 0 aromatic carbocycles. The average Bonchev–Trinajstić information content (AvgIpc) is 0.722. The summed E-state index contributed by atoms with van der Waals surface area (Å²) in [6.45, 7) is 0. The minimum atomic E-state index is -4.64. The molecule has 0 heterocycles. The molecule has 15 heteroatoms. The summed E-state index contributed by atoms with van der Waals surface area (Å²) in [4.78, 5) is 21.6. The molecule has 0 unspecified atom stereocenters. The van der Waals surface area contributed by atoms with E-state index in [1.807, 2.05) is 0 Å². The Hall–Kier alpha value is 1.79. The zero-order valence-corrected chi connectivity index (χ0v) is 13.1. The Labute approximate surface area is 132 Å². The molecule has 0 rings (SSSR count). The van der Waals surface area contributed by atoms with E-state index in [2.05, 4.69) is 0 Å². The maximum absolute atomic E-state index is 8.88. The molecule has 15 heavy (non-hydrogen) atoms. The second-order valence-corrected chi connectivity index (χ2v) is 1.54. The summed E-state index contributed by atoms with van der Waals surface area (Å²) in [7, 11) is -4.64. The van der Waals surface area contributed by atoms with Gasteiger partial charge in [0.05, 0.1) is 0 Å². The molecule has 100 valence electrons. The maximum atomic E-state index is 8.88. The summed E-state index contributed by atoms with van der Waals surface area (Å²) in [5, 5.41) is 0. The van der Waals surface area contributed by atoms with Gasteiger partial charge in [0.2, 0.25) is 0 Å². The van der Waals surface area contributed by atoms with E-state index >= 15 is 0 Å². The van der Waals surface area contributed by atoms with Gasteiger partial charge in [-0.2, -0.15) is 0 Å². The third-order valence-corrected chi connectivity index (χ3v) is 0. The van der Waals surface area contributed by atoms with Crippen molar-refractivity contribution in [3.05, 3.63) is 0 Å². The quantitative estimate of drug-likeness (QED) is 0.288. The van der Waals surface area contributed by atoms with E-state index in [9.17, 15) is 0 Å². The van der Waals surface area contributed by atoms with E-state index in [0.29, 0.717) is 0 Å². The Morgan fingerprint density at radius 1 is 0.600 bits per heavy atom. The van der Waals surface area contributed by atoms with Gasteiger partial charge in [-0.1, -0.05) is 0 Å². The van der Waals surface area contributed by atoms with Crippen LogP contribution in [0.3, 0.4) is 0 Å². The fourth-order valence-corrected chi connectivity index (χ4v) is 0. The molecule has 0 saturated carbocycles. The fraction of sp³-hybridized carbons (Fsp3) is 0. The van der Waals surface area contributed by atoms with E-state index in [-0.39, 0.29) is 106 Å². The van der Waals surface area contributed by atoms with Crippen molar-refractivity contribution >= 4 is 7.82 Å². The second kappa shape index (κ2) is 56.9. The summed E-state index contributed by atoms with van der Waals surface area (Å²) in [5.41, 5.74) is 0. The molecule has 0 radical (unpaired) electrons. The van der Waals surface area contributed by atoms with Crippen molar-refractivity contribution in [3.63, 3.8) is 0 Å². The summed E-state index contributed by atoms with van der Waals surface area (Å²) < 4.78 is 8.88. The first kappa shape index (κ1) is 125. The molecule has 0 spiro atoms. The van der Waals surface area contributed by atoms with Crippen LogP contribution in [0.15, 0.2) is 0 Å². The Bertz CT molecular complexity index is 68.6. The van der Waals surface area contributed by atoms with Crippen molar-refractivity contribution in [2.45, 2.75) is 0 Å². The molecule has 0 aliphatic heterocycles. The standard InChI is InChI=1S/2Na.H3O4P.8H2O.2H/c;;1-5(2,3)4;;;;;;;;;;/h;;(H3,1,2,3,4);8*1H2;;/q2*+1;;;;;;;;;;2*-1. The number of phosphoric acid groups is 1. The van der Waals surface area contributed by atoms with Gasteiger partial charge in [0.15, 0.2) is 0 Å². The van der Waals surface area contributed by atoms with E-state index in [1.54, 1.807) is 0 Å². The van der Waals surface area contributed by atoms with Crippen molar-refractivity contribution in [2.24, 2.45) is 0 Å². The van der Waals surface area contributed by atoms with Gasteiger partial charge in [0.25, 0.3) is 0 Å². The fourth-order valence-electron chi connectivity index (χ4n) is 0. The molecular formula is H21Na2O12P. The Kier molecular flexibility index (Phi) is 474. The van der Waals surface area contributed by atoms with Crippen LogP contribution >= 0.6 is 7.82 Å². The third-order valence-electron chi connectivity index (χ3n) is 0. The molecule has 19 N–H and O–H groups in total. The van der Waals surface area contributed by atoms with Crippen molar-refractivity contribution in [1.82, 2.24) is 0 Å². The summed E-state index contributed by atoms with van der Waals surface area (Å²) in [5.74, 6) is 0. The smallest absolute Gasteiger partial charge is 1.00 e. The molecule has 0 fully saturated rings. The Balaban J connectivity index is -0.00000000121. The number of hydrogen-bond acceptors (Lipinski definition) is 1. The predicted octanol–water partition coefficient (Wildman–Crippen LogP) is -13.3. The van der Waals surface area contributed by atoms with Crippen LogP contribution in [-0.2, 0) is 4.57 Å². The topological polar surface area (TPSA) is 330 Å². The van der Waals surface area contributed by atoms with Crippen LogP contribution in [0.1, 0.15) is 2.85 Å². The first-order chi connectivity index (χ1) is 2.00. The van der Waals surface area contributed by atoms with Crippen LogP contribution in [0.25, 0.3) is 0 Å². The van der Waals surface area contributed by atoms with Gasteiger partial charge in [0, 0.05) is 0 Å². The zero-order chi connectivity index (χ0) is 4.50. The van der Waals surface area contributed by atoms with Crippen LogP contribution < -0.4 is 59.1 Å². The normalized spacial score (nSPS) is 3.93. The molecular weight excluding hydrogens is 269 g/mol. The SMILES string of the molecule is O.O.O.O.O.O.O.O.O=P(O)(O)O.[H-].[H-].[Na+].[Na+]. The zero-order valence-electron chi connectivity index (χ0n) is 10.2. The summed E-state index contributed by atoms with van der Waals surface area (Å²) in [6.07, 6.45) is 0. The predicted molar refractivity (Wildman–Crippen MR) is 45.4 cm³/mol. The van der Waals surface area contributed by atoms with Crippen LogP contribution in [0.5, 0.6) is 0 Å². The molecule has 0 atom stereocenters. The van der Waals surface area contributed by atoms with Crippen LogP contribution in [0.4, 0.5) is 0 Å². The number of rotatable bonds is 0. The van der Waals surface area contributed by atoms with Crippen LogP contribution in [0.2, 0.25) is 0 Å². The molecule has 0 aliphatic rings. The van der Waals surface area contributed by atoms with E-state index < -0.39 is 7.82 Å². The van der Waals surface area contributed by atoms with Crippen LogP contribution in [0, 0.1) is 0 Å². The first-order valence-corrected chi connectivity index (χ1v) is 2.35. The van der Waals surface area contributed by atoms with Gasteiger partial charge in [-0.15, -0.1) is 0 Å². The van der Waals surface area contributed by atoms with E-state index in [1.165, 1.54) is 0 Å². The summed E-state index contributed by atoms with van der Waals surface area (Å²) in [6, 6.07) is 0. The van der Waals surface area contributed by atoms with Gasteiger partial charge in [-0.05, 0) is 0 Å². The molecule has 0 aromatic rings. The van der Waals surface area contributed by atoms with Gasteiger partial charge >= 0.3 is 66.9 Å².